The molecule has 0 amide bonds. The average molecular weight is 192 g/mol. The molecule has 0 heterocycles. The van der Waals surface area contributed by atoms with Crippen molar-refractivity contribution in [3.05, 3.63) is 29.8 Å². The van der Waals surface area contributed by atoms with Crippen LogP contribution >= 0.6 is 0 Å². The number of anilines is 1. The van der Waals surface area contributed by atoms with E-state index in [0.717, 1.165) is 11.3 Å². The average Bonchev–Trinajstić information content (AvgIpc) is 1.64. The molecule has 9 heavy (non-hydrogen) atoms. The van der Waals surface area contributed by atoms with E-state index in [0.29, 0.717) is 0 Å². The van der Waals surface area contributed by atoms with Gasteiger partial charge in [-0.3, -0.25) is 0 Å². The summed E-state index contributed by atoms with van der Waals surface area (Å²) in [5, 5.41) is 0. The summed E-state index contributed by atoms with van der Waals surface area (Å²) in [6.45, 7) is 1.99. The fourth-order valence-electron chi connectivity index (χ4n) is 0.616. The molecule has 0 saturated heterocycles. The number of nitrogens with two attached hydrogens (primary N) is 1. The molecule has 0 aliphatic heterocycles. The largest absolute Gasteiger partial charge is 1.00 e. The molecule has 0 aliphatic carbocycles. The van der Waals surface area contributed by atoms with Gasteiger partial charge in [-0.15, -0.1) is 6.07 Å². The van der Waals surface area contributed by atoms with Crippen LogP contribution in [0.25, 0.3) is 0 Å². The summed E-state index contributed by atoms with van der Waals surface area (Å²) in [5.74, 6) is 0. The minimum absolute atomic E-state index is 0. The third-order valence-corrected chi connectivity index (χ3v) is 0.955. The van der Waals surface area contributed by atoms with E-state index in [1.165, 1.54) is 0 Å². The second-order valence-electron chi connectivity index (χ2n) is 1.84. The molecule has 2 heteroatoms. The zero-order chi connectivity index (χ0) is 5.98. The number of nitrogen functional groups attached to an aromatic ring is 1. The van der Waals surface area contributed by atoms with Gasteiger partial charge in [0.15, 0.2) is 0 Å². The molecular weight excluding hydrogens is 184 g/mol. The van der Waals surface area contributed by atoms with Crippen LogP contribution in [0.1, 0.15) is 5.56 Å². The zero-order valence-electron chi connectivity index (χ0n) is 5.81. The van der Waals surface area contributed by atoms with E-state index in [9.17, 15) is 0 Å². The maximum Gasteiger partial charge on any atom is 1.00 e. The van der Waals surface area contributed by atoms with Crippen molar-refractivity contribution in [3.8, 4) is 0 Å². The van der Waals surface area contributed by atoms with Crippen LogP contribution in [-0.2, 0) is 0 Å². The van der Waals surface area contributed by atoms with Gasteiger partial charge in [0, 0.05) is 0 Å². The summed E-state index contributed by atoms with van der Waals surface area (Å²) in [4.78, 5) is 0. The number of rotatable bonds is 0. The predicted octanol–water partition coefficient (Wildman–Crippen LogP) is -1.62. The standard InChI is InChI=1S/C7H8N.Rb/c1-6-3-2-4-7(8)5-6;/h3-5H,8H2,1H3;/q-1;+1. The van der Waals surface area contributed by atoms with E-state index >= 15 is 0 Å². The van der Waals surface area contributed by atoms with E-state index in [2.05, 4.69) is 6.07 Å². The van der Waals surface area contributed by atoms with Crippen LogP contribution in [-0.4, -0.2) is 0 Å². The summed E-state index contributed by atoms with van der Waals surface area (Å²) in [7, 11) is 0. The van der Waals surface area contributed by atoms with Crippen LogP contribution in [0.5, 0.6) is 0 Å². The Bertz CT molecular complexity index is 169. The van der Waals surface area contributed by atoms with Gasteiger partial charge >= 0.3 is 58.2 Å². The van der Waals surface area contributed by atoms with Gasteiger partial charge in [0.05, 0.1) is 0 Å². The van der Waals surface area contributed by atoms with Crippen molar-refractivity contribution in [2.75, 3.05) is 5.73 Å². The predicted molar refractivity (Wildman–Crippen MR) is 34.4 cm³/mol. The van der Waals surface area contributed by atoms with Crippen molar-refractivity contribution in [1.82, 2.24) is 0 Å². The van der Waals surface area contributed by atoms with Crippen LogP contribution in [0.2, 0.25) is 0 Å². The summed E-state index contributed by atoms with van der Waals surface area (Å²) >= 11 is 0. The summed E-state index contributed by atoms with van der Waals surface area (Å²) in [5.41, 5.74) is 7.37. The molecule has 2 N–H and O–H groups in total. The Balaban J connectivity index is 0.000000640. The number of hydrogen-bond donors (Lipinski definition) is 1. The van der Waals surface area contributed by atoms with Crippen molar-refractivity contribution in [1.29, 1.82) is 0 Å². The number of aryl methyl sites for hydroxylation is 1. The molecule has 0 aliphatic rings. The maximum atomic E-state index is 5.43. The molecule has 0 radical (unpaired) electrons. The van der Waals surface area contributed by atoms with Crippen LogP contribution in [0.4, 0.5) is 5.69 Å². The Labute approximate surface area is 104 Å². The first-order chi connectivity index (χ1) is 3.79. The van der Waals surface area contributed by atoms with Gasteiger partial charge in [0.1, 0.15) is 0 Å². The van der Waals surface area contributed by atoms with Crippen molar-refractivity contribution >= 4 is 5.69 Å². The summed E-state index contributed by atoms with van der Waals surface area (Å²) in [6, 6.07) is 8.47. The molecular formula is C7H8NRb. The van der Waals surface area contributed by atoms with Crippen molar-refractivity contribution in [2.24, 2.45) is 0 Å². The molecule has 0 unspecified atom stereocenters. The van der Waals surface area contributed by atoms with Gasteiger partial charge in [-0.1, -0.05) is 12.6 Å². The fraction of sp³-hybridized carbons (Fsp3) is 0.143. The second-order valence-corrected chi connectivity index (χ2v) is 1.84. The van der Waals surface area contributed by atoms with Gasteiger partial charge in [-0.05, 0) is 0 Å². The Kier molecular flexibility index (Phi) is 5.03. The first-order valence-corrected chi connectivity index (χ1v) is 2.52. The molecule has 0 atom stereocenters. The van der Waals surface area contributed by atoms with E-state index in [4.69, 9.17) is 5.73 Å². The second kappa shape index (κ2) is 4.61. The van der Waals surface area contributed by atoms with Crippen LogP contribution in [0, 0.1) is 13.0 Å². The fourth-order valence-corrected chi connectivity index (χ4v) is 0.616. The van der Waals surface area contributed by atoms with E-state index < -0.39 is 0 Å². The van der Waals surface area contributed by atoms with Crippen LogP contribution in [0.3, 0.4) is 0 Å². The SMILES string of the molecule is Cc1c[c-]cc(N)c1.[Rb+]. The van der Waals surface area contributed by atoms with E-state index in [1.54, 1.807) is 6.07 Å². The van der Waals surface area contributed by atoms with Gasteiger partial charge < -0.3 is 5.73 Å². The van der Waals surface area contributed by atoms with Gasteiger partial charge in [-0.2, -0.15) is 23.8 Å². The Morgan fingerprint density at radius 2 is 2.11 bits per heavy atom. The van der Waals surface area contributed by atoms with Crippen LogP contribution in [0.15, 0.2) is 18.2 Å². The molecule has 0 saturated carbocycles. The molecule has 0 fully saturated rings. The van der Waals surface area contributed by atoms with E-state index in [1.807, 2.05) is 19.1 Å². The van der Waals surface area contributed by atoms with Crippen molar-refractivity contribution in [3.63, 3.8) is 0 Å². The topological polar surface area (TPSA) is 26.0 Å². The first-order valence-electron chi connectivity index (χ1n) is 2.52. The molecule has 1 aromatic carbocycles. The number of benzene rings is 1. The van der Waals surface area contributed by atoms with Gasteiger partial charge in [0.25, 0.3) is 0 Å². The van der Waals surface area contributed by atoms with Crippen molar-refractivity contribution < 1.29 is 58.2 Å². The van der Waals surface area contributed by atoms with Crippen molar-refractivity contribution in [2.45, 2.75) is 6.92 Å². The summed E-state index contributed by atoms with van der Waals surface area (Å²) in [6.07, 6.45) is 0. The molecule has 0 bridgehead atoms. The zero-order valence-corrected chi connectivity index (χ0v) is 10.7. The molecule has 1 nitrogen and oxygen atoms in total. The van der Waals surface area contributed by atoms with Gasteiger partial charge in [0.2, 0.25) is 0 Å². The molecule has 1 rings (SSSR count). The van der Waals surface area contributed by atoms with Gasteiger partial charge in [-0.25, -0.2) is 0 Å². The third kappa shape index (κ3) is 3.51. The quantitative estimate of drug-likeness (QED) is 0.387. The minimum atomic E-state index is 0. The van der Waals surface area contributed by atoms with E-state index in [-0.39, 0.29) is 58.2 Å². The Morgan fingerprint density at radius 1 is 1.44 bits per heavy atom. The summed E-state index contributed by atoms with van der Waals surface area (Å²) < 4.78 is 0. The third-order valence-electron chi connectivity index (χ3n) is 0.955. The molecule has 0 spiro atoms. The molecule has 42 valence electrons. The first kappa shape index (κ1) is 9.83. The van der Waals surface area contributed by atoms with Crippen LogP contribution < -0.4 is 63.9 Å². The number of hydrogen-bond acceptors (Lipinski definition) is 1. The maximum absolute atomic E-state index is 5.43. The molecule has 0 aromatic heterocycles. The Hall–Kier alpha value is 0.825. The minimum Gasteiger partial charge on any atom is -0.449 e. The normalized spacial score (nSPS) is 8.11. The monoisotopic (exact) mass is 191 g/mol. The Morgan fingerprint density at radius 3 is 2.44 bits per heavy atom. The smallest absolute Gasteiger partial charge is 0.449 e. The molecule has 1 aromatic rings.